The lowest BCUT2D eigenvalue weighted by Crippen LogP contribution is -2.38. The molecule has 0 atom stereocenters. The standard InChI is InChI=1S/C13H21N5O3S/c1-21-11(20)8-22-13-17-16-12(14)18(13)7-10(19)15-9-5-3-2-4-6-9/h9H,2-8H2,1H3,(H2,14,16)(H,15,19). The van der Waals surface area contributed by atoms with Crippen molar-refractivity contribution in [2.24, 2.45) is 0 Å². The van der Waals surface area contributed by atoms with E-state index in [-0.39, 0.29) is 36.2 Å². The second-order valence-corrected chi connectivity index (χ2v) is 6.14. The molecule has 2 rings (SSSR count). The van der Waals surface area contributed by atoms with E-state index in [1.165, 1.54) is 18.1 Å². The molecule has 0 spiro atoms. The number of aromatic nitrogens is 3. The van der Waals surface area contributed by atoms with Gasteiger partial charge in [0.1, 0.15) is 6.54 Å². The van der Waals surface area contributed by atoms with Crippen LogP contribution >= 0.6 is 11.8 Å². The highest BCUT2D eigenvalue weighted by atomic mass is 32.2. The van der Waals surface area contributed by atoms with Gasteiger partial charge < -0.3 is 15.8 Å². The summed E-state index contributed by atoms with van der Waals surface area (Å²) in [6.45, 7) is 0.0544. The van der Waals surface area contributed by atoms with Crippen molar-refractivity contribution in [1.29, 1.82) is 0 Å². The third-order valence-electron chi connectivity index (χ3n) is 3.56. The molecule has 1 amide bonds. The summed E-state index contributed by atoms with van der Waals surface area (Å²) in [5.41, 5.74) is 5.74. The lowest BCUT2D eigenvalue weighted by Gasteiger charge is -2.23. The van der Waals surface area contributed by atoms with E-state index >= 15 is 0 Å². The van der Waals surface area contributed by atoms with Crippen LogP contribution in [0.1, 0.15) is 32.1 Å². The molecule has 1 fully saturated rings. The first-order chi connectivity index (χ1) is 10.6. The highest BCUT2D eigenvalue weighted by Crippen LogP contribution is 2.19. The van der Waals surface area contributed by atoms with E-state index in [1.54, 1.807) is 0 Å². The van der Waals surface area contributed by atoms with Crippen molar-refractivity contribution in [3.63, 3.8) is 0 Å². The molecule has 0 saturated heterocycles. The number of ether oxygens (including phenoxy) is 1. The minimum atomic E-state index is -0.371. The van der Waals surface area contributed by atoms with Crippen LogP contribution in [0.2, 0.25) is 0 Å². The van der Waals surface area contributed by atoms with Gasteiger partial charge in [-0.2, -0.15) is 0 Å². The number of amides is 1. The molecule has 0 bridgehead atoms. The van der Waals surface area contributed by atoms with Gasteiger partial charge in [0.05, 0.1) is 12.9 Å². The summed E-state index contributed by atoms with van der Waals surface area (Å²) in [4.78, 5) is 23.3. The summed E-state index contributed by atoms with van der Waals surface area (Å²) in [7, 11) is 1.32. The van der Waals surface area contributed by atoms with Gasteiger partial charge in [0.2, 0.25) is 11.9 Å². The Balaban J connectivity index is 1.91. The summed E-state index contributed by atoms with van der Waals surface area (Å²) >= 11 is 1.14. The van der Waals surface area contributed by atoms with Gasteiger partial charge >= 0.3 is 5.97 Å². The first kappa shape index (κ1) is 16.6. The number of carbonyl (C=O) groups is 2. The number of anilines is 1. The Labute approximate surface area is 133 Å². The average Bonchev–Trinajstić information content (AvgIpc) is 2.86. The van der Waals surface area contributed by atoms with Crippen LogP contribution in [0.25, 0.3) is 0 Å². The zero-order valence-electron chi connectivity index (χ0n) is 12.6. The first-order valence-corrected chi connectivity index (χ1v) is 8.26. The van der Waals surface area contributed by atoms with Gasteiger partial charge in [0.25, 0.3) is 0 Å². The summed E-state index contributed by atoms with van der Waals surface area (Å²) < 4.78 is 6.08. The van der Waals surface area contributed by atoms with Crippen LogP contribution in [-0.2, 0) is 20.9 Å². The normalized spacial score (nSPS) is 15.5. The molecular formula is C13H21N5O3S. The predicted molar refractivity (Wildman–Crippen MR) is 82.2 cm³/mol. The molecule has 3 N–H and O–H groups in total. The van der Waals surface area contributed by atoms with E-state index in [2.05, 4.69) is 20.3 Å². The Morgan fingerprint density at radius 2 is 2.09 bits per heavy atom. The molecule has 8 nitrogen and oxygen atoms in total. The number of methoxy groups -OCH3 is 1. The molecule has 122 valence electrons. The van der Waals surface area contributed by atoms with Gasteiger partial charge in [-0.1, -0.05) is 31.0 Å². The smallest absolute Gasteiger partial charge is 0.316 e. The minimum absolute atomic E-state index is 0.0544. The number of nitrogen functional groups attached to an aromatic ring is 1. The largest absolute Gasteiger partial charge is 0.468 e. The lowest BCUT2D eigenvalue weighted by atomic mass is 9.95. The molecule has 1 aliphatic carbocycles. The van der Waals surface area contributed by atoms with Gasteiger partial charge in [0, 0.05) is 6.04 Å². The third-order valence-corrected chi connectivity index (χ3v) is 4.50. The third kappa shape index (κ3) is 4.62. The number of thioether (sulfide) groups is 1. The van der Waals surface area contributed by atoms with E-state index in [4.69, 9.17) is 5.73 Å². The summed E-state index contributed by atoms with van der Waals surface area (Å²) in [6, 6.07) is 0.241. The van der Waals surface area contributed by atoms with Crippen LogP contribution in [0, 0.1) is 0 Å². The Bertz CT molecular complexity index is 528. The monoisotopic (exact) mass is 327 g/mol. The highest BCUT2D eigenvalue weighted by Gasteiger charge is 2.19. The number of hydrogen-bond acceptors (Lipinski definition) is 7. The molecule has 1 aromatic rings. The minimum Gasteiger partial charge on any atom is -0.468 e. The van der Waals surface area contributed by atoms with E-state index in [9.17, 15) is 9.59 Å². The van der Waals surface area contributed by atoms with Crippen molar-refractivity contribution in [2.75, 3.05) is 18.6 Å². The lowest BCUT2D eigenvalue weighted by molar-refractivity contribution is -0.137. The number of nitrogens with one attached hydrogen (secondary N) is 1. The van der Waals surface area contributed by atoms with Crippen LogP contribution in [-0.4, -0.2) is 45.5 Å². The molecule has 0 unspecified atom stereocenters. The molecule has 22 heavy (non-hydrogen) atoms. The molecule has 9 heteroatoms. The Kier molecular flexibility index (Phi) is 6.05. The van der Waals surface area contributed by atoms with Gasteiger partial charge in [-0.15, -0.1) is 10.2 Å². The molecule has 0 aromatic carbocycles. The van der Waals surface area contributed by atoms with E-state index in [0.29, 0.717) is 5.16 Å². The summed E-state index contributed by atoms with van der Waals surface area (Å²) in [5, 5.41) is 11.1. The molecule has 1 saturated carbocycles. The van der Waals surface area contributed by atoms with E-state index in [1.807, 2.05) is 0 Å². The van der Waals surface area contributed by atoms with Crippen LogP contribution in [0.4, 0.5) is 5.95 Å². The number of rotatable bonds is 6. The number of nitrogens with two attached hydrogens (primary N) is 1. The molecule has 1 heterocycles. The van der Waals surface area contributed by atoms with E-state index < -0.39 is 0 Å². The molecule has 0 aliphatic heterocycles. The Morgan fingerprint density at radius 3 is 2.77 bits per heavy atom. The van der Waals surface area contributed by atoms with Crippen molar-refractivity contribution in [2.45, 2.75) is 49.8 Å². The fraction of sp³-hybridized carbons (Fsp3) is 0.692. The van der Waals surface area contributed by atoms with Crippen molar-refractivity contribution in [1.82, 2.24) is 20.1 Å². The van der Waals surface area contributed by atoms with Crippen molar-refractivity contribution in [3.05, 3.63) is 0 Å². The number of carbonyl (C=O) groups excluding carboxylic acids is 2. The SMILES string of the molecule is COC(=O)CSc1nnc(N)n1CC(=O)NC1CCCCC1. The van der Waals surface area contributed by atoms with Crippen LogP contribution in [0.3, 0.4) is 0 Å². The van der Waals surface area contributed by atoms with Crippen molar-refractivity contribution < 1.29 is 14.3 Å². The highest BCUT2D eigenvalue weighted by molar-refractivity contribution is 7.99. The van der Waals surface area contributed by atoms with Crippen LogP contribution < -0.4 is 11.1 Å². The van der Waals surface area contributed by atoms with Gasteiger partial charge in [0.15, 0.2) is 5.16 Å². The molecule has 1 aromatic heterocycles. The van der Waals surface area contributed by atoms with Gasteiger partial charge in [-0.25, -0.2) is 0 Å². The topological polar surface area (TPSA) is 112 Å². The maximum atomic E-state index is 12.1. The second-order valence-electron chi connectivity index (χ2n) is 5.19. The molecular weight excluding hydrogens is 306 g/mol. The number of esters is 1. The molecule has 0 radical (unpaired) electrons. The van der Waals surface area contributed by atoms with E-state index in [0.717, 1.165) is 37.4 Å². The quantitative estimate of drug-likeness (QED) is 0.580. The van der Waals surface area contributed by atoms with Crippen molar-refractivity contribution in [3.8, 4) is 0 Å². The van der Waals surface area contributed by atoms with Gasteiger partial charge in [-0.05, 0) is 12.8 Å². The number of nitrogens with zero attached hydrogens (tertiary/aromatic N) is 3. The predicted octanol–water partition coefficient (Wildman–Crippen LogP) is 0.574. The zero-order chi connectivity index (χ0) is 15.9. The maximum absolute atomic E-state index is 12.1. The van der Waals surface area contributed by atoms with Gasteiger partial charge in [-0.3, -0.25) is 14.2 Å². The summed E-state index contributed by atoms with van der Waals surface area (Å²) in [6.07, 6.45) is 5.58. The number of hydrogen-bond donors (Lipinski definition) is 2. The van der Waals surface area contributed by atoms with Crippen LogP contribution in [0.15, 0.2) is 5.16 Å². The average molecular weight is 327 g/mol. The zero-order valence-corrected chi connectivity index (χ0v) is 13.4. The fourth-order valence-electron chi connectivity index (χ4n) is 2.40. The Hall–Kier alpha value is -1.77. The summed E-state index contributed by atoms with van der Waals surface area (Å²) in [5.74, 6) is -0.229. The first-order valence-electron chi connectivity index (χ1n) is 7.28. The fourth-order valence-corrected chi connectivity index (χ4v) is 3.18. The van der Waals surface area contributed by atoms with Crippen LogP contribution in [0.5, 0.6) is 0 Å². The van der Waals surface area contributed by atoms with Crippen molar-refractivity contribution >= 4 is 29.6 Å². The second kappa shape index (κ2) is 8.02. The molecule has 1 aliphatic rings. The Morgan fingerprint density at radius 1 is 1.36 bits per heavy atom. The maximum Gasteiger partial charge on any atom is 0.316 e.